The van der Waals surface area contributed by atoms with Crippen LogP contribution in [0.4, 0.5) is 0 Å². The van der Waals surface area contributed by atoms with Crippen LogP contribution in [0.5, 0.6) is 0 Å². The topological polar surface area (TPSA) is 124 Å². The number of ether oxygens (including phenoxy) is 9. The van der Waals surface area contributed by atoms with E-state index in [9.17, 15) is 10.2 Å². The largest absolute Gasteiger partial charge is 0.388 e. The molecule has 0 saturated carbocycles. The zero-order valence-electron chi connectivity index (χ0n) is 28.4. The van der Waals surface area contributed by atoms with Crippen LogP contribution in [-0.4, -0.2) is 125 Å². The molecule has 2 fully saturated rings. The highest BCUT2D eigenvalue weighted by molar-refractivity contribution is 4.93. The maximum Gasteiger partial charge on any atom is 0.187 e. The zero-order valence-corrected chi connectivity index (χ0v) is 28.4. The minimum Gasteiger partial charge on any atom is -0.388 e. The molecule has 10 atom stereocenters. The van der Waals surface area contributed by atoms with Gasteiger partial charge < -0.3 is 52.8 Å². The molecular formula is C33H64O11. The van der Waals surface area contributed by atoms with Crippen LogP contribution < -0.4 is 0 Å². The van der Waals surface area contributed by atoms with E-state index in [4.69, 9.17) is 42.6 Å². The van der Waals surface area contributed by atoms with E-state index in [1.807, 2.05) is 0 Å². The Kier molecular flexibility index (Phi) is 21.5. The summed E-state index contributed by atoms with van der Waals surface area (Å²) in [4.78, 5) is 0. The number of methoxy groups -OCH3 is 1. The summed E-state index contributed by atoms with van der Waals surface area (Å²) in [5.74, 6) is 0. The first-order chi connectivity index (χ1) is 21.5. The molecule has 2 saturated heterocycles. The van der Waals surface area contributed by atoms with Crippen LogP contribution in [0.3, 0.4) is 0 Å². The van der Waals surface area contributed by atoms with Gasteiger partial charge in [-0.25, -0.2) is 0 Å². The molecule has 0 aromatic carbocycles. The van der Waals surface area contributed by atoms with Crippen molar-refractivity contribution in [2.75, 3.05) is 53.4 Å². The van der Waals surface area contributed by atoms with Crippen LogP contribution in [0.15, 0.2) is 0 Å². The molecule has 0 aliphatic carbocycles. The standard InChI is InChI=1S/C33H64O11/c1-7-12-17-37-27-24(34)22-42-33(31(41-21-16-11-5)29(27)39-19-14-9-3)44-25-23-43-32(36-6)30(40-20-15-10-4)28(26(25)35)38-18-13-8-2/h24-35H,7-23H2,1-6H3/t24?,25-,26-,27-,28?,29?,30?,31?,32+,33-/m1/s1. The van der Waals surface area contributed by atoms with E-state index in [2.05, 4.69) is 34.6 Å². The highest BCUT2D eigenvalue weighted by Crippen LogP contribution is 2.30. The summed E-state index contributed by atoms with van der Waals surface area (Å²) in [6.45, 7) is 12.8. The van der Waals surface area contributed by atoms with Crippen molar-refractivity contribution in [3.05, 3.63) is 0 Å². The first-order valence-corrected chi connectivity index (χ1v) is 17.3. The summed E-state index contributed by atoms with van der Waals surface area (Å²) in [6.07, 6.45) is 0.987. The third-order valence-corrected chi connectivity index (χ3v) is 8.04. The highest BCUT2D eigenvalue weighted by atomic mass is 16.7. The molecule has 0 bridgehead atoms. The molecule has 2 aliphatic rings. The minimum atomic E-state index is -1.11. The molecular weight excluding hydrogens is 572 g/mol. The molecule has 2 rings (SSSR count). The average molecular weight is 637 g/mol. The smallest absolute Gasteiger partial charge is 0.187 e. The molecule has 11 heteroatoms. The van der Waals surface area contributed by atoms with Gasteiger partial charge in [0.2, 0.25) is 0 Å². The Morgan fingerprint density at radius 2 is 0.932 bits per heavy atom. The Balaban J connectivity index is 2.38. The van der Waals surface area contributed by atoms with Gasteiger partial charge in [-0.05, 0) is 32.1 Å². The number of unbranched alkanes of at least 4 members (excludes halogenated alkanes) is 5. The Morgan fingerprint density at radius 3 is 1.41 bits per heavy atom. The predicted molar refractivity (Wildman–Crippen MR) is 167 cm³/mol. The van der Waals surface area contributed by atoms with Gasteiger partial charge in [-0.2, -0.15) is 0 Å². The van der Waals surface area contributed by atoms with Crippen LogP contribution in [-0.2, 0) is 42.6 Å². The second-order valence-electron chi connectivity index (χ2n) is 11.8. The van der Waals surface area contributed by atoms with Gasteiger partial charge in [0, 0.05) is 40.1 Å². The number of rotatable bonds is 23. The third-order valence-electron chi connectivity index (χ3n) is 8.04. The summed E-state index contributed by atoms with van der Waals surface area (Å²) in [7, 11) is 1.56. The second-order valence-corrected chi connectivity index (χ2v) is 11.8. The Morgan fingerprint density at radius 1 is 0.523 bits per heavy atom. The van der Waals surface area contributed by atoms with Crippen molar-refractivity contribution in [2.24, 2.45) is 0 Å². The van der Waals surface area contributed by atoms with Gasteiger partial charge in [-0.15, -0.1) is 0 Å². The third kappa shape index (κ3) is 13.0. The molecule has 0 aromatic heterocycles. The molecule has 2 heterocycles. The van der Waals surface area contributed by atoms with Crippen LogP contribution in [0.1, 0.15) is 98.8 Å². The lowest BCUT2D eigenvalue weighted by Gasteiger charge is -2.37. The van der Waals surface area contributed by atoms with Gasteiger partial charge >= 0.3 is 0 Å². The zero-order chi connectivity index (χ0) is 32.2. The normalized spacial score (nSPS) is 33.3. The van der Waals surface area contributed by atoms with Crippen molar-refractivity contribution in [3.8, 4) is 0 Å². The van der Waals surface area contributed by atoms with E-state index < -0.39 is 61.4 Å². The van der Waals surface area contributed by atoms with Gasteiger partial charge in [0.05, 0.1) is 13.2 Å². The Bertz CT molecular complexity index is 686. The Labute approximate surface area is 266 Å². The van der Waals surface area contributed by atoms with Crippen molar-refractivity contribution < 1.29 is 52.8 Å². The van der Waals surface area contributed by atoms with Crippen LogP contribution in [0.2, 0.25) is 0 Å². The van der Waals surface area contributed by atoms with E-state index >= 15 is 0 Å². The summed E-state index contributed by atoms with van der Waals surface area (Å²) < 4.78 is 56.0. The van der Waals surface area contributed by atoms with Crippen molar-refractivity contribution >= 4 is 0 Å². The molecule has 44 heavy (non-hydrogen) atoms. The summed E-state index contributed by atoms with van der Waals surface area (Å²) >= 11 is 0. The maximum atomic E-state index is 11.8. The van der Waals surface area contributed by atoms with E-state index in [0.717, 1.165) is 64.2 Å². The first-order valence-electron chi connectivity index (χ1n) is 17.3. The predicted octanol–water partition coefficient (Wildman–Crippen LogP) is 4.38. The fraction of sp³-hybridized carbons (Fsp3) is 1.00. The van der Waals surface area contributed by atoms with Crippen molar-refractivity contribution in [1.29, 1.82) is 0 Å². The molecule has 2 N–H and O–H groups in total. The SMILES string of the molecule is CCCCOC1C(OCCCC)[C@H](OCCCC)C(O)CO[C@@H]1O[C@@H]1CO[C@H](OC)C(OCCCC)C(OCCCC)[C@@H]1O. The van der Waals surface area contributed by atoms with E-state index in [0.29, 0.717) is 33.0 Å². The van der Waals surface area contributed by atoms with Crippen LogP contribution >= 0.6 is 0 Å². The summed E-state index contributed by atoms with van der Waals surface area (Å²) in [5, 5.41) is 23.0. The van der Waals surface area contributed by atoms with Crippen molar-refractivity contribution in [3.63, 3.8) is 0 Å². The minimum absolute atomic E-state index is 0.0167. The maximum absolute atomic E-state index is 11.8. The molecule has 0 spiro atoms. The monoisotopic (exact) mass is 636 g/mol. The molecule has 11 nitrogen and oxygen atoms in total. The molecule has 262 valence electrons. The van der Waals surface area contributed by atoms with Crippen molar-refractivity contribution in [2.45, 2.75) is 160 Å². The number of hydrogen-bond donors (Lipinski definition) is 2. The quantitative estimate of drug-likeness (QED) is 0.155. The van der Waals surface area contributed by atoms with E-state index in [1.165, 1.54) is 0 Å². The van der Waals surface area contributed by atoms with E-state index in [1.54, 1.807) is 7.11 Å². The lowest BCUT2D eigenvalue weighted by Crippen LogP contribution is -2.54. The lowest BCUT2D eigenvalue weighted by atomic mass is 10.0. The van der Waals surface area contributed by atoms with Gasteiger partial charge in [0.15, 0.2) is 12.6 Å². The van der Waals surface area contributed by atoms with E-state index in [-0.39, 0.29) is 13.2 Å². The molecule has 0 aromatic rings. The first kappa shape index (κ1) is 39.7. The van der Waals surface area contributed by atoms with Gasteiger partial charge in [-0.1, -0.05) is 66.7 Å². The number of aliphatic hydroxyl groups excluding tert-OH is 2. The summed E-state index contributed by atoms with van der Waals surface area (Å²) in [6, 6.07) is 0. The van der Waals surface area contributed by atoms with Crippen LogP contribution in [0.25, 0.3) is 0 Å². The fourth-order valence-corrected chi connectivity index (χ4v) is 5.25. The van der Waals surface area contributed by atoms with Gasteiger partial charge in [0.1, 0.15) is 48.8 Å². The van der Waals surface area contributed by atoms with Gasteiger partial charge in [0.25, 0.3) is 0 Å². The average Bonchev–Trinajstić information content (AvgIpc) is 3.22. The number of hydrogen-bond acceptors (Lipinski definition) is 11. The van der Waals surface area contributed by atoms with Gasteiger partial charge in [-0.3, -0.25) is 0 Å². The second kappa shape index (κ2) is 23.8. The fourth-order valence-electron chi connectivity index (χ4n) is 5.25. The summed E-state index contributed by atoms with van der Waals surface area (Å²) in [5.41, 5.74) is 0. The Hall–Kier alpha value is -0.440. The van der Waals surface area contributed by atoms with Crippen molar-refractivity contribution in [1.82, 2.24) is 0 Å². The number of aliphatic hydroxyl groups is 2. The highest BCUT2D eigenvalue weighted by Gasteiger charge is 2.49. The lowest BCUT2D eigenvalue weighted by molar-refractivity contribution is -0.268. The molecule has 0 radical (unpaired) electrons. The molecule has 0 amide bonds. The molecule has 2 aliphatic heterocycles. The van der Waals surface area contributed by atoms with Crippen LogP contribution in [0, 0.1) is 0 Å². The molecule has 5 unspecified atom stereocenters.